The van der Waals surface area contributed by atoms with Crippen molar-refractivity contribution >= 4 is 29.0 Å². The number of nitrogens with two attached hydrogens (primary N) is 1. The van der Waals surface area contributed by atoms with E-state index in [-0.39, 0.29) is 6.03 Å². The number of hydrogen-bond donors (Lipinski definition) is 2. The Morgan fingerprint density at radius 1 is 1.25 bits per heavy atom. The normalized spacial score (nSPS) is 20.4. The van der Waals surface area contributed by atoms with Crippen molar-refractivity contribution in [3.8, 4) is 0 Å². The van der Waals surface area contributed by atoms with E-state index in [2.05, 4.69) is 10.2 Å². The van der Waals surface area contributed by atoms with Crippen molar-refractivity contribution in [2.75, 3.05) is 36.8 Å². The van der Waals surface area contributed by atoms with E-state index in [4.69, 9.17) is 17.3 Å². The number of nitrogen functional groups attached to an aromatic ring is 1. The van der Waals surface area contributed by atoms with Crippen LogP contribution in [-0.4, -0.2) is 43.2 Å². The predicted octanol–water partition coefficient (Wildman–Crippen LogP) is 1.92. The number of carbonyl (C=O) groups is 1. The third-order valence-corrected chi connectivity index (χ3v) is 4.36. The molecule has 2 aliphatic heterocycles. The highest BCUT2D eigenvalue weighted by molar-refractivity contribution is 6.31. The molecule has 20 heavy (non-hydrogen) atoms. The lowest BCUT2D eigenvalue weighted by Crippen LogP contribution is -2.46. The topological polar surface area (TPSA) is 61.6 Å². The van der Waals surface area contributed by atoms with Crippen LogP contribution in [0.1, 0.15) is 12.8 Å². The van der Waals surface area contributed by atoms with Crippen LogP contribution >= 0.6 is 11.6 Å². The zero-order chi connectivity index (χ0) is 14.1. The second-order valence-corrected chi connectivity index (χ2v) is 5.78. The molecular formula is C14H19ClN4O. The molecule has 0 aromatic heterocycles. The highest BCUT2D eigenvalue weighted by Gasteiger charge is 2.30. The minimum absolute atomic E-state index is 0.0782. The highest BCUT2D eigenvalue weighted by atomic mass is 35.5. The molecule has 0 spiro atoms. The van der Waals surface area contributed by atoms with Crippen LogP contribution in [0.2, 0.25) is 5.02 Å². The van der Waals surface area contributed by atoms with Gasteiger partial charge in [-0.25, -0.2) is 4.79 Å². The third kappa shape index (κ3) is 2.50. The molecule has 3 rings (SSSR count). The summed E-state index contributed by atoms with van der Waals surface area (Å²) in [5, 5.41) is 3.53. The first-order valence-corrected chi connectivity index (χ1v) is 7.37. The number of nitrogens with zero attached hydrogens (tertiary/aromatic N) is 2. The minimum Gasteiger partial charge on any atom is -0.397 e. The zero-order valence-corrected chi connectivity index (χ0v) is 12.1. The number of hydrogen-bond acceptors (Lipinski definition) is 3. The number of urea groups is 1. The fraction of sp³-hybridized carbons (Fsp3) is 0.500. The van der Waals surface area contributed by atoms with Crippen LogP contribution in [0.3, 0.4) is 0 Å². The van der Waals surface area contributed by atoms with Crippen LogP contribution in [0.25, 0.3) is 0 Å². The summed E-state index contributed by atoms with van der Waals surface area (Å²) in [6.45, 7) is 3.43. The second-order valence-electron chi connectivity index (χ2n) is 5.35. The van der Waals surface area contributed by atoms with E-state index in [1.807, 2.05) is 17.0 Å². The number of nitrogens with one attached hydrogen (secondary N) is 1. The molecule has 3 N–H and O–H groups in total. The molecule has 6 heteroatoms. The largest absolute Gasteiger partial charge is 0.397 e. The van der Waals surface area contributed by atoms with Gasteiger partial charge in [0.05, 0.1) is 11.4 Å². The van der Waals surface area contributed by atoms with E-state index in [0.717, 1.165) is 50.4 Å². The van der Waals surface area contributed by atoms with Crippen LogP contribution in [-0.2, 0) is 0 Å². The first-order chi connectivity index (χ1) is 9.65. The molecule has 2 amide bonds. The standard InChI is InChI=1S/C14H19ClN4O/c15-10-1-2-13(12(16)9-10)18-6-3-11(4-7-18)19-8-5-17-14(19)20/h1-2,9,11H,3-8,16H2,(H,17,20). The summed E-state index contributed by atoms with van der Waals surface area (Å²) in [6, 6.07) is 6.06. The molecule has 2 fully saturated rings. The Balaban J connectivity index is 1.65. The van der Waals surface area contributed by atoms with Gasteiger partial charge in [0, 0.05) is 37.2 Å². The monoisotopic (exact) mass is 294 g/mol. The first kappa shape index (κ1) is 13.4. The maximum Gasteiger partial charge on any atom is 0.317 e. The number of benzene rings is 1. The van der Waals surface area contributed by atoms with Gasteiger partial charge in [-0.15, -0.1) is 0 Å². The molecule has 2 heterocycles. The fourth-order valence-corrected chi connectivity index (χ4v) is 3.25. The van der Waals surface area contributed by atoms with Crippen molar-refractivity contribution in [1.29, 1.82) is 0 Å². The molecule has 0 saturated carbocycles. The summed E-state index contributed by atoms with van der Waals surface area (Å²) in [6.07, 6.45) is 1.96. The van der Waals surface area contributed by atoms with Crippen molar-refractivity contribution in [1.82, 2.24) is 10.2 Å². The predicted molar refractivity (Wildman–Crippen MR) is 81.2 cm³/mol. The molecule has 0 atom stereocenters. The van der Waals surface area contributed by atoms with Crippen LogP contribution in [0.5, 0.6) is 0 Å². The van der Waals surface area contributed by atoms with Crippen LogP contribution in [0, 0.1) is 0 Å². The summed E-state index contributed by atoms with van der Waals surface area (Å²) >= 11 is 5.93. The van der Waals surface area contributed by atoms with E-state index in [0.29, 0.717) is 11.1 Å². The first-order valence-electron chi connectivity index (χ1n) is 6.99. The van der Waals surface area contributed by atoms with Gasteiger partial charge in [0.15, 0.2) is 0 Å². The Bertz CT molecular complexity index is 514. The van der Waals surface area contributed by atoms with Crippen LogP contribution in [0.15, 0.2) is 18.2 Å². The Morgan fingerprint density at radius 3 is 2.60 bits per heavy atom. The van der Waals surface area contributed by atoms with Gasteiger partial charge >= 0.3 is 6.03 Å². The number of rotatable bonds is 2. The third-order valence-electron chi connectivity index (χ3n) is 4.13. The molecule has 1 aromatic carbocycles. The van der Waals surface area contributed by atoms with E-state index in [1.165, 1.54) is 0 Å². The van der Waals surface area contributed by atoms with Gasteiger partial charge < -0.3 is 20.9 Å². The van der Waals surface area contributed by atoms with Gasteiger partial charge in [0.1, 0.15) is 0 Å². The van der Waals surface area contributed by atoms with Gasteiger partial charge in [0.25, 0.3) is 0 Å². The molecule has 0 bridgehead atoms. The van der Waals surface area contributed by atoms with E-state index < -0.39 is 0 Å². The van der Waals surface area contributed by atoms with E-state index in [9.17, 15) is 4.79 Å². The Kier molecular flexibility index (Phi) is 3.61. The molecule has 2 saturated heterocycles. The number of carbonyl (C=O) groups excluding carboxylic acids is 1. The van der Waals surface area contributed by atoms with E-state index in [1.54, 1.807) is 6.07 Å². The molecular weight excluding hydrogens is 276 g/mol. The van der Waals surface area contributed by atoms with Crippen molar-refractivity contribution in [3.05, 3.63) is 23.2 Å². The number of halogens is 1. The molecule has 0 radical (unpaired) electrons. The number of piperidine rings is 1. The molecule has 0 aliphatic carbocycles. The lowest BCUT2D eigenvalue weighted by molar-refractivity contribution is 0.186. The zero-order valence-electron chi connectivity index (χ0n) is 11.3. The average molecular weight is 295 g/mol. The van der Waals surface area contributed by atoms with Gasteiger partial charge in [0.2, 0.25) is 0 Å². The molecule has 5 nitrogen and oxygen atoms in total. The maximum absolute atomic E-state index is 11.7. The summed E-state index contributed by atoms with van der Waals surface area (Å²) in [4.78, 5) is 15.9. The van der Waals surface area contributed by atoms with Gasteiger partial charge in [-0.05, 0) is 31.0 Å². The van der Waals surface area contributed by atoms with Crippen molar-refractivity contribution in [2.45, 2.75) is 18.9 Å². The second kappa shape index (κ2) is 5.40. The maximum atomic E-state index is 11.7. The SMILES string of the molecule is Nc1cc(Cl)ccc1N1CCC(N2CCNC2=O)CC1. The summed E-state index contributed by atoms with van der Waals surface area (Å²) in [5.74, 6) is 0. The lowest BCUT2D eigenvalue weighted by Gasteiger charge is -2.37. The summed E-state index contributed by atoms with van der Waals surface area (Å²) in [7, 11) is 0. The number of anilines is 2. The fourth-order valence-electron chi connectivity index (χ4n) is 3.07. The molecule has 2 aliphatic rings. The van der Waals surface area contributed by atoms with Gasteiger partial charge in [-0.2, -0.15) is 0 Å². The van der Waals surface area contributed by atoms with Crippen LogP contribution in [0.4, 0.5) is 16.2 Å². The molecule has 0 unspecified atom stereocenters. The Morgan fingerprint density at radius 2 is 2.00 bits per heavy atom. The molecule has 108 valence electrons. The van der Waals surface area contributed by atoms with E-state index >= 15 is 0 Å². The van der Waals surface area contributed by atoms with Crippen molar-refractivity contribution < 1.29 is 4.79 Å². The number of amides is 2. The minimum atomic E-state index is 0.0782. The van der Waals surface area contributed by atoms with Crippen molar-refractivity contribution in [2.24, 2.45) is 0 Å². The Labute approximate surface area is 123 Å². The highest BCUT2D eigenvalue weighted by Crippen LogP contribution is 2.30. The summed E-state index contributed by atoms with van der Waals surface area (Å²) < 4.78 is 0. The lowest BCUT2D eigenvalue weighted by atomic mass is 10.0. The smallest absolute Gasteiger partial charge is 0.317 e. The quantitative estimate of drug-likeness (QED) is 0.819. The van der Waals surface area contributed by atoms with Crippen LogP contribution < -0.4 is 16.0 Å². The van der Waals surface area contributed by atoms with Crippen molar-refractivity contribution in [3.63, 3.8) is 0 Å². The van der Waals surface area contributed by atoms with Gasteiger partial charge in [-0.1, -0.05) is 11.6 Å². The average Bonchev–Trinajstić information content (AvgIpc) is 2.85. The molecule has 1 aromatic rings. The summed E-state index contributed by atoms with van der Waals surface area (Å²) in [5.41, 5.74) is 7.79. The Hall–Kier alpha value is -1.62. The van der Waals surface area contributed by atoms with Gasteiger partial charge in [-0.3, -0.25) is 0 Å².